The van der Waals surface area contributed by atoms with Crippen LogP contribution in [-0.2, 0) is 6.54 Å². The fraction of sp³-hybridized carbons (Fsp3) is 0.571. The molecule has 1 aromatic rings. The van der Waals surface area contributed by atoms with Crippen LogP contribution in [0.5, 0.6) is 11.5 Å². The number of benzene rings is 1. The van der Waals surface area contributed by atoms with Gasteiger partial charge in [0.05, 0.1) is 14.2 Å². The van der Waals surface area contributed by atoms with Crippen LogP contribution in [0.25, 0.3) is 0 Å². The van der Waals surface area contributed by atoms with E-state index in [0.717, 1.165) is 31.0 Å². The van der Waals surface area contributed by atoms with Gasteiger partial charge in [-0.15, -0.1) is 0 Å². The van der Waals surface area contributed by atoms with E-state index in [4.69, 9.17) is 9.47 Å². The van der Waals surface area contributed by atoms with Gasteiger partial charge in [0.15, 0.2) is 11.5 Å². The summed E-state index contributed by atoms with van der Waals surface area (Å²) >= 11 is 0. The molecule has 0 radical (unpaired) electrons. The molecule has 94 valence electrons. The van der Waals surface area contributed by atoms with Crippen LogP contribution in [0.15, 0.2) is 12.1 Å². The number of hydrogen-bond donors (Lipinski definition) is 0. The first-order valence-electron chi connectivity index (χ1n) is 6.12. The first-order chi connectivity index (χ1) is 8.19. The van der Waals surface area contributed by atoms with E-state index in [9.17, 15) is 0 Å². The fourth-order valence-corrected chi connectivity index (χ4v) is 2.63. The Morgan fingerprint density at radius 2 is 1.88 bits per heavy atom. The SMILES string of the molecule is CC[C@@H]1CN(C)Cc2cc(OC)c(OC)cc21. The van der Waals surface area contributed by atoms with Gasteiger partial charge in [-0.05, 0) is 42.6 Å². The van der Waals surface area contributed by atoms with E-state index in [-0.39, 0.29) is 0 Å². The van der Waals surface area contributed by atoms with Crippen molar-refractivity contribution in [1.82, 2.24) is 4.90 Å². The van der Waals surface area contributed by atoms with Crippen molar-refractivity contribution in [3.8, 4) is 11.5 Å². The monoisotopic (exact) mass is 235 g/mol. The molecule has 0 fully saturated rings. The third kappa shape index (κ3) is 2.25. The predicted molar refractivity (Wildman–Crippen MR) is 68.9 cm³/mol. The van der Waals surface area contributed by atoms with E-state index in [0.29, 0.717) is 5.92 Å². The fourth-order valence-electron chi connectivity index (χ4n) is 2.63. The van der Waals surface area contributed by atoms with Crippen molar-refractivity contribution in [2.45, 2.75) is 25.8 Å². The molecule has 0 amide bonds. The molecule has 0 spiro atoms. The van der Waals surface area contributed by atoms with Crippen molar-refractivity contribution in [1.29, 1.82) is 0 Å². The maximum absolute atomic E-state index is 5.38. The molecule has 0 aliphatic carbocycles. The van der Waals surface area contributed by atoms with Crippen LogP contribution < -0.4 is 9.47 Å². The van der Waals surface area contributed by atoms with Crippen molar-refractivity contribution in [3.05, 3.63) is 23.3 Å². The average Bonchev–Trinajstić information content (AvgIpc) is 2.35. The molecule has 1 aromatic carbocycles. The molecule has 0 saturated heterocycles. The predicted octanol–water partition coefficient (Wildman–Crippen LogP) is 2.64. The van der Waals surface area contributed by atoms with E-state index in [1.165, 1.54) is 11.1 Å². The zero-order chi connectivity index (χ0) is 12.4. The highest BCUT2D eigenvalue weighted by molar-refractivity contribution is 5.49. The molecule has 3 heteroatoms. The van der Waals surface area contributed by atoms with Gasteiger partial charge in [0, 0.05) is 13.1 Å². The van der Waals surface area contributed by atoms with Crippen LogP contribution in [0, 0.1) is 0 Å². The minimum absolute atomic E-state index is 0.601. The third-order valence-electron chi connectivity index (χ3n) is 3.55. The van der Waals surface area contributed by atoms with Crippen molar-refractivity contribution >= 4 is 0 Å². The van der Waals surface area contributed by atoms with Gasteiger partial charge in [0.1, 0.15) is 0 Å². The molecule has 0 N–H and O–H groups in total. The molecule has 0 saturated carbocycles. The summed E-state index contributed by atoms with van der Waals surface area (Å²) in [4.78, 5) is 2.36. The Morgan fingerprint density at radius 3 is 2.47 bits per heavy atom. The summed E-state index contributed by atoms with van der Waals surface area (Å²) < 4.78 is 10.7. The van der Waals surface area contributed by atoms with Crippen molar-refractivity contribution in [2.75, 3.05) is 27.8 Å². The van der Waals surface area contributed by atoms with Gasteiger partial charge in [0.2, 0.25) is 0 Å². The van der Waals surface area contributed by atoms with Crippen molar-refractivity contribution < 1.29 is 9.47 Å². The largest absolute Gasteiger partial charge is 0.493 e. The lowest BCUT2D eigenvalue weighted by molar-refractivity contribution is 0.274. The quantitative estimate of drug-likeness (QED) is 0.804. The minimum Gasteiger partial charge on any atom is -0.493 e. The summed E-state index contributed by atoms with van der Waals surface area (Å²) in [5.74, 6) is 2.27. The second-order valence-electron chi connectivity index (χ2n) is 4.71. The number of methoxy groups -OCH3 is 2. The van der Waals surface area contributed by atoms with Gasteiger partial charge >= 0.3 is 0 Å². The molecule has 0 bridgehead atoms. The van der Waals surface area contributed by atoms with E-state index in [1.807, 2.05) is 0 Å². The van der Waals surface area contributed by atoms with Gasteiger partial charge in [-0.3, -0.25) is 0 Å². The topological polar surface area (TPSA) is 21.7 Å². The summed E-state index contributed by atoms with van der Waals surface area (Å²) in [6.07, 6.45) is 1.16. The number of fused-ring (bicyclic) bond motifs is 1. The highest BCUT2D eigenvalue weighted by atomic mass is 16.5. The molecule has 0 unspecified atom stereocenters. The Kier molecular flexibility index (Phi) is 3.57. The number of rotatable bonds is 3. The van der Waals surface area contributed by atoms with Crippen molar-refractivity contribution in [2.24, 2.45) is 0 Å². The van der Waals surface area contributed by atoms with E-state index in [2.05, 4.69) is 31.0 Å². The zero-order valence-electron chi connectivity index (χ0n) is 11.1. The lowest BCUT2D eigenvalue weighted by atomic mass is 9.88. The van der Waals surface area contributed by atoms with Crippen molar-refractivity contribution in [3.63, 3.8) is 0 Å². The summed E-state index contributed by atoms with van der Waals surface area (Å²) in [7, 11) is 5.55. The summed E-state index contributed by atoms with van der Waals surface area (Å²) in [6.45, 7) is 4.36. The molecule has 1 heterocycles. The Labute approximate surface area is 103 Å². The van der Waals surface area contributed by atoms with Crippen LogP contribution in [0.3, 0.4) is 0 Å². The first kappa shape index (κ1) is 12.2. The highest BCUT2D eigenvalue weighted by Crippen LogP contribution is 2.38. The lowest BCUT2D eigenvalue weighted by Crippen LogP contribution is -2.30. The Hall–Kier alpha value is -1.22. The molecule has 1 aliphatic heterocycles. The molecule has 1 atom stereocenters. The summed E-state index contributed by atoms with van der Waals surface area (Å²) in [5, 5.41) is 0. The van der Waals surface area contributed by atoms with Gasteiger partial charge < -0.3 is 14.4 Å². The van der Waals surface area contributed by atoms with Gasteiger partial charge in [-0.1, -0.05) is 6.92 Å². The molecule has 2 rings (SSSR count). The molecule has 3 nitrogen and oxygen atoms in total. The summed E-state index contributed by atoms with van der Waals surface area (Å²) in [6, 6.07) is 4.27. The van der Waals surface area contributed by atoms with Crippen LogP contribution in [-0.4, -0.2) is 32.7 Å². The number of hydrogen-bond acceptors (Lipinski definition) is 3. The van der Waals surface area contributed by atoms with Crippen LogP contribution in [0.4, 0.5) is 0 Å². The maximum atomic E-state index is 5.38. The maximum Gasteiger partial charge on any atom is 0.161 e. The molecular weight excluding hydrogens is 214 g/mol. The zero-order valence-corrected chi connectivity index (χ0v) is 11.1. The number of likely N-dealkylation sites (N-methyl/N-ethyl adjacent to an activating group) is 1. The third-order valence-corrected chi connectivity index (χ3v) is 3.55. The van der Waals surface area contributed by atoms with E-state index >= 15 is 0 Å². The van der Waals surface area contributed by atoms with E-state index < -0.39 is 0 Å². The van der Waals surface area contributed by atoms with E-state index in [1.54, 1.807) is 14.2 Å². The average molecular weight is 235 g/mol. The lowest BCUT2D eigenvalue weighted by Gasteiger charge is -2.32. The Morgan fingerprint density at radius 1 is 1.24 bits per heavy atom. The Balaban J connectivity index is 2.47. The molecular formula is C14H21NO2. The summed E-state index contributed by atoms with van der Waals surface area (Å²) in [5.41, 5.74) is 2.78. The Bertz CT molecular complexity index is 403. The van der Waals surface area contributed by atoms with Gasteiger partial charge in [-0.25, -0.2) is 0 Å². The van der Waals surface area contributed by atoms with Crippen LogP contribution >= 0.6 is 0 Å². The van der Waals surface area contributed by atoms with Gasteiger partial charge in [0.25, 0.3) is 0 Å². The number of ether oxygens (including phenoxy) is 2. The second kappa shape index (κ2) is 4.96. The molecule has 17 heavy (non-hydrogen) atoms. The van der Waals surface area contributed by atoms with Crippen LogP contribution in [0.1, 0.15) is 30.4 Å². The number of nitrogens with zero attached hydrogens (tertiary/aromatic N) is 1. The molecule has 0 aromatic heterocycles. The van der Waals surface area contributed by atoms with Gasteiger partial charge in [-0.2, -0.15) is 0 Å². The standard InChI is InChI=1S/C14H21NO2/c1-5-10-8-15(2)9-11-6-13(16-3)14(17-4)7-12(10)11/h6-7,10H,5,8-9H2,1-4H3/t10-/m1/s1. The highest BCUT2D eigenvalue weighted by Gasteiger charge is 2.24. The van der Waals surface area contributed by atoms with Crippen LogP contribution in [0.2, 0.25) is 0 Å². The minimum atomic E-state index is 0.601. The molecule has 1 aliphatic rings. The first-order valence-corrected chi connectivity index (χ1v) is 6.12. The smallest absolute Gasteiger partial charge is 0.161 e. The second-order valence-corrected chi connectivity index (χ2v) is 4.71. The normalized spacial score (nSPS) is 19.9.